The zero-order chi connectivity index (χ0) is 20.6. The summed E-state index contributed by atoms with van der Waals surface area (Å²) in [5, 5.41) is 22.2. The molecule has 0 radical (unpaired) electrons. The summed E-state index contributed by atoms with van der Waals surface area (Å²) in [5.41, 5.74) is 1.26. The summed E-state index contributed by atoms with van der Waals surface area (Å²) in [6.45, 7) is 6.96. The number of aromatic nitrogens is 7. The Morgan fingerprint density at radius 1 is 0.933 bits per heavy atom. The van der Waals surface area contributed by atoms with E-state index in [-0.39, 0.29) is 0 Å². The van der Waals surface area contributed by atoms with Crippen LogP contribution in [-0.4, -0.2) is 53.0 Å². The predicted octanol–water partition coefficient (Wildman–Crippen LogP) is 3.39. The van der Waals surface area contributed by atoms with Crippen LogP contribution in [0.1, 0.15) is 56.2 Å². The first-order valence-corrected chi connectivity index (χ1v) is 11.9. The highest BCUT2D eigenvalue weighted by molar-refractivity contribution is 7.98. The molecular weight excluding hydrogens is 396 g/mol. The average Bonchev–Trinajstić information content (AvgIpc) is 3.39. The molecule has 0 aliphatic carbocycles. The Morgan fingerprint density at radius 3 is 2.57 bits per heavy atom. The monoisotopic (exact) mass is 426 g/mol. The van der Waals surface area contributed by atoms with Crippen LogP contribution in [0.3, 0.4) is 0 Å². The number of unbranched alkanes of at least 4 members (excludes halogenated alkanes) is 1. The van der Waals surface area contributed by atoms with Gasteiger partial charge in [-0.05, 0) is 48.3 Å². The largest absolute Gasteiger partial charge is 0.300 e. The summed E-state index contributed by atoms with van der Waals surface area (Å²) < 4.78 is 4.16. The van der Waals surface area contributed by atoms with E-state index in [2.05, 4.69) is 72.4 Å². The topological polar surface area (TPSA) is 77.5 Å². The number of hydrogen-bond acceptors (Lipinski definition) is 7. The van der Waals surface area contributed by atoms with Crippen molar-refractivity contribution in [3.8, 4) is 0 Å². The Kier molecular flexibility index (Phi) is 7.47. The Bertz CT molecular complexity index is 901. The smallest absolute Gasteiger partial charge is 0.192 e. The molecule has 0 unspecified atom stereocenters. The maximum atomic E-state index is 4.57. The van der Waals surface area contributed by atoms with Crippen LogP contribution in [0, 0.1) is 0 Å². The number of aryl methyl sites for hydroxylation is 1. The molecular formula is C21H30N8S. The molecule has 0 bridgehead atoms. The summed E-state index contributed by atoms with van der Waals surface area (Å²) >= 11 is 1.66. The summed E-state index contributed by atoms with van der Waals surface area (Å²) in [6, 6.07) is 10.5. The lowest BCUT2D eigenvalue weighted by molar-refractivity contribution is 0.213. The van der Waals surface area contributed by atoms with E-state index >= 15 is 0 Å². The fourth-order valence-electron chi connectivity index (χ4n) is 3.72. The van der Waals surface area contributed by atoms with Gasteiger partial charge in [0.15, 0.2) is 11.0 Å². The van der Waals surface area contributed by atoms with E-state index < -0.39 is 0 Å². The second-order valence-electron chi connectivity index (χ2n) is 7.77. The molecule has 1 fully saturated rings. The fourth-order valence-corrected chi connectivity index (χ4v) is 4.61. The van der Waals surface area contributed by atoms with E-state index in [1.165, 1.54) is 24.8 Å². The maximum absolute atomic E-state index is 4.57. The highest BCUT2D eigenvalue weighted by atomic mass is 32.2. The molecule has 0 saturated carbocycles. The fraction of sp³-hybridized carbons (Fsp3) is 0.571. The van der Waals surface area contributed by atoms with Gasteiger partial charge in [-0.2, -0.15) is 0 Å². The van der Waals surface area contributed by atoms with Crippen molar-refractivity contribution in [2.75, 3.05) is 13.1 Å². The van der Waals surface area contributed by atoms with Gasteiger partial charge in [-0.3, -0.25) is 4.90 Å². The van der Waals surface area contributed by atoms with E-state index in [1.54, 1.807) is 11.8 Å². The molecule has 0 spiro atoms. The van der Waals surface area contributed by atoms with Crippen molar-refractivity contribution in [1.29, 1.82) is 0 Å². The number of tetrazole rings is 1. The second kappa shape index (κ2) is 10.7. The molecule has 1 aromatic carbocycles. The van der Waals surface area contributed by atoms with Crippen LogP contribution >= 0.6 is 11.8 Å². The Morgan fingerprint density at radius 2 is 1.77 bits per heavy atom. The molecule has 0 amide bonds. The summed E-state index contributed by atoms with van der Waals surface area (Å²) in [6.07, 6.45) is 6.08. The van der Waals surface area contributed by atoms with Gasteiger partial charge < -0.3 is 4.57 Å². The zero-order valence-electron chi connectivity index (χ0n) is 17.7. The number of hydrogen-bond donors (Lipinski definition) is 0. The Hall–Kier alpha value is -2.26. The first kappa shape index (κ1) is 21.0. The van der Waals surface area contributed by atoms with Crippen molar-refractivity contribution in [3.63, 3.8) is 0 Å². The van der Waals surface area contributed by atoms with Gasteiger partial charge in [0.2, 0.25) is 0 Å². The van der Waals surface area contributed by atoms with Crippen molar-refractivity contribution < 1.29 is 0 Å². The van der Waals surface area contributed by atoms with Crippen molar-refractivity contribution >= 4 is 11.8 Å². The van der Waals surface area contributed by atoms with E-state index in [0.29, 0.717) is 5.75 Å². The molecule has 30 heavy (non-hydrogen) atoms. The van der Waals surface area contributed by atoms with Crippen molar-refractivity contribution in [2.45, 2.75) is 69.6 Å². The van der Waals surface area contributed by atoms with E-state index in [0.717, 1.165) is 62.4 Å². The molecule has 8 nitrogen and oxygen atoms in total. The molecule has 3 heterocycles. The molecule has 1 aliphatic rings. The first-order chi connectivity index (χ1) is 14.8. The highest BCUT2D eigenvalue weighted by Crippen LogP contribution is 2.23. The molecule has 3 aromatic rings. The van der Waals surface area contributed by atoms with Crippen LogP contribution in [-0.2, 0) is 25.4 Å². The molecule has 4 rings (SSSR count). The highest BCUT2D eigenvalue weighted by Gasteiger charge is 2.19. The summed E-state index contributed by atoms with van der Waals surface area (Å²) in [7, 11) is 0. The number of rotatable bonds is 10. The van der Waals surface area contributed by atoms with E-state index in [4.69, 9.17) is 0 Å². The molecule has 2 aromatic heterocycles. The van der Waals surface area contributed by atoms with Crippen LogP contribution in [0.2, 0.25) is 0 Å². The lowest BCUT2D eigenvalue weighted by Crippen LogP contribution is -2.30. The zero-order valence-corrected chi connectivity index (χ0v) is 18.5. The first-order valence-electron chi connectivity index (χ1n) is 10.9. The molecule has 1 saturated heterocycles. The van der Waals surface area contributed by atoms with Crippen molar-refractivity contribution in [2.24, 2.45) is 0 Å². The third-order valence-corrected chi connectivity index (χ3v) is 6.41. The quantitative estimate of drug-likeness (QED) is 0.460. The summed E-state index contributed by atoms with van der Waals surface area (Å²) in [5.74, 6) is 2.61. The van der Waals surface area contributed by atoms with Crippen LogP contribution in [0.25, 0.3) is 0 Å². The van der Waals surface area contributed by atoms with Gasteiger partial charge in [0.1, 0.15) is 5.82 Å². The van der Waals surface area contributed by atoms with Crippen LogP contribution < -0.4 is 0 Å². The van der Waals surface area contributed by atoms with Gasteiger partial charge in [0.25, 0.3) is 0 Å². The van der Waals surface area contributed by atoms with E-state index in [1.807, 2.05) is 4.68 Å². The van der Waals surface area contributed by atoms with Gasteiger partial charge in [-0.1, -0.05) is 61.9 Å². The lowest BCUT2D eigenvalue weighted by Gasteiger charge is -2.26. The van der Waals surface area contributed by atoms with Gasteiger partial charge in [0.05, 0.1) is 18.8 Å². The number of likely N-dealkylation sites (tertiary alicyclic amines) is 1. The minimum atomic E-state index is 0.688. The standard InChI is InChI=1S/C21H30N8S/c1-2-3-14-29-20(23-25-26-29)17-30-21-24-22-19(16-27-12-8-5-9-13-27)28(21)15-18-10-6-4-7-11-18/h4,6-7,10-11H,2-3,5,8-9,12-17H2,1H3. The van der Waals surface area contributed by atoms with Gasteiger partial charge >= 0.3 is 0 Å². The third-order valence-electron chi connectivity index (χ3n) is 5.45. The lowest BCUT2D eigenvalue weighted by atomic mass is 10.1. The molecule has 9 heteroatoms. The van der Waals surface area contributed by atoms with E-state index in [9.17, 15) is 0 Å². The number of thioether (sulfide) groups is 1. The maximum Gasteiger partial charge on any atom is 0.192 e. The van der Waals surface area contributed by atoms with Gasteiger partial charge in [-0.25, -0.2) is 4.68 Å². The molecule has 0 N–H and O–H groups in total. The number of nitrogens with zero attached hydrogens (tertiary/aromatic N) is 8. The Labute approximate surface area is 182 Å². The SMILES string of the molecule is CCCCn1nnnc1CSc1nnc(CN2CCCCC2)n1Cc1ccccc1. The predicted molar refractivity (Wildman–Crippen MR) is 117 cm³/mol. The van der Waals surface area contributed by atoms with Crippen LogP contribution in [0.5, 0.6) is 0 Å². The van der Waals surface area contributed by atoms with Crippen LogP contribution in [0.15, 0.2) is 35.5 Å². The van der Waals surface area contributed by atoms with Crippen molar-refractivity contribution in [1.82, 2.24) is 39.9 Å². The third kappa shape index (κ3) is 5.46. The molecule has 0 atom stereocenters. The average molecular weight is 427 g/mol. The van der Waals surface area contributed by atoms with Gasteiger partial charge in [-0.15, -0.1) is 15.3 Å². The normalized spacial score (nSPS) is 15.0. The minimum absolute atomic E-state index is 0.688. The van der Waals surface area contributed by atoms with Crippen LogP contribution in [0.4, 0.5) is 0 Å². The minimum Gasteiger partial charge on any atom is -0.300 e. The molecule has 160 valence electrons. The number of benzene rings is 1. The summed E-state index contributed by atoms with van der Waals surface area (Å²) in [4.78, 5) is 2.49. The van der Waals surface area contributed by atoms with Gasteiger partial charge in [0, 0.05) is 6.54 Å². The number of piperidine rings is 1. The second-order valence-corrected chi connectivity index (χ2v) is 8.71. The van der Waals surface area contributed by atoms with Crippen molar-refractivity contribution in [3.05, 3.63) is 47.5 Å². The molecule has 1 aliphatic heterocycles. The Balaban J connectivity index is 1.50.